The molecular weight excluding hydrogens is 496 g/mol. The highest BCUT2D eigenvalue weighted by Crippen LogP contribution is 2.45. The first-order valence-electron chi connectivity index (χ1n) is 12.9. The Morgan fingerprint density at radius 3 is 2.34 bits per heavy atom. The second-order valence-corrected chi connectivity index (χ2v) is 11.3. The Kier molecular flexibility index (Phi) is 6.97. The van der Waals surface area contributed by atoms with Crippen molar-refractivity contribution in [2.24, 2.45) is 5.92 Å². The van der Waals surface area contributed by atoms with E-state index in [1.165, 1.54) is 6.92 Å². The first-order chi connectivity index (χ1) is 18.1. The molecule has 0 radical (unpaired) electrons. The van der Waals surface area contributed by atoms with Crippen LogP contribution < -0.4 is 5.32 Å². The molecular formula is C32H31ClN2O3. The van der Waals surface area contributed by atoms with Gasteiger partial charge in [-0.05, 0) is 49.1 Å². The molecule has 1 aliphatic carbocycles. The summed E-state index contributed by atoms with van der Waals surface area (Å²) in [5.74, 6) is -2.02. The molecule has 0 aliphatic heterocycles. The maximum atomic E-state index is 14.0. The quantitative estimate of drug-likeness (QED) is 0.275. The Balaban J connectivity index is 1.69. The number of benzene rings is 3. The zero-order valence-electron chi connectivity index (χ0n) is 21.8. The van der Waals surface area contributed by atoms with Crippen molar-refractivity contribution in [1.82, 2.24) is 10.3 Å². The summed E-state index contributed by atoms with van der Waals surface area (Å²) < 4.78 is 0. The molecule has 3 unspecified atom stereocenters. The average molecular weight is 527 g/mol. The van der Waals surface area contributed by atoms with Gasteiger partial charge in [0.1, 0.15) is 5.78 Å². The molecule has 1 heterocycles. The molecule has 4 aromatic rings. The molecule has 3 atom stereocenters. The number of nitrogens with one attached hydrogen (secondary N) is 2. The van der Waals surface area contributed by atoms with Crippen molar-refractivity contribution in [3.63, 3.8) is 0 Å². The third-order valence-electron chi connectivity index (χ3n) is 7.44. The summed E-state index contributed by atoms with van der Waals surface area (Å²) in [6, 6.07) is 25.0. The third-order valence-corrected chi connectivity index (χ3v) is 7.68. The number of rotatable bonds is 7. The van der Waals surface area contributed by atoms with Gasteiger partial charge in [0.25, 0.3) is 0 Å². The van der Waals surface area contributed by atoms with Gasteiger partial charge in [0, 0.05) is 46.4 Å². The maximum absolute atomic E-state index is 14.0. The molecule has 0 spiro atoms. The number of halogens is 1. The van der Waals surface area contributed by atoms with Crippen molar-refractivity contribution in [2.75, 3.05) is 0 Å². The van der Waals surface area contributed by atoms with Gasteiger partial charge in [0.2, 0.25) is 5.91 Å². The van der Waals surface area contributed by atoms with Gasteiger partial charge in [-0.2, -0.15) is 0 Å². The topological polar surface area (TPSA) is 79.0 Å². The van der Waals surface area contributed by atoms with Crippen LogP contribution in [0.15, 0.2) is 78.9 Å². The smallest absolute Gasteiger partial charge is 0.217 e. The van der Waals surface area contributed by atoms with Crippen molar-refractivity contribution >= 4 is 40.0 Å². The Hall–Kier alpha value is -3.70. The molecule has 1 aromatic heterocycles. The summed E-state index contributed by atoms with van der Waals surface area (Å²) in [5, 5.41) is 4.59. The van der Waals surface area contributed by atoms with Crippen LogP contribution in [0, 0.1) is 5.92 Å². The molecule has 5 nitrogen and oxygen atoms in total. The summed E-state index contributed by atoms with van der Waals surface area (Å²) in [5.41, 5.74) is 3.81. The van der Waals surface area contributed by atoms with E-state index in [9.17, 15) is 14.4 Å². The molecule has 0 bridgehead atoms. The molecule has 1 saturated carbocycles. The van der Waals surface area contributed by atoms with Gasteiger partial charge in [-0.15, -0.1) is 0 Å². The minimum absolute atomic E-state index is 0.0542. The number of aromatic amines is 1. The molecule has 194 valence electrons. The fourth-order valence-electron chi connectivity index (χ4n) is 5.98. The normalized spacial score (nSPS) is 18.6. The fourth-order valence-corrected chi connectivity index (χ4v) is 6.15. The van der Waals surface area contributed by atoms with E-state index in [0.29, 0.717) is 11.4 Å². The van der Waals surface area contributed by atoms with Crippen LogP contribution >= 0.6 is 11.6 Å². The second kappa shape index (κ2) is 10.2. The minimum atomic E-state index is -0.825. The maximum Gasteiger partial charge on any atom is 0.217 e. The van der Waals surface area contributed by atoms with Gasteiger partial charge in [-0.3, -0.25) is 14.4 Å². The third kappa shape index (κ3) is 5.03. The number of H-pyrrole nitrogens is 1. The van der Waals surface area contributed by atoms with E-state index in [1.807, 2.05) is 92.7 Å². The summed E-state index contributed by atoms with van der Waals surface area (Å²) in [7, 11) is 0. The summed E-state index contributed by atoms with van der Waals surface area (Å²) in [6.45, 7) is 5.45. The number of amides is 1. The lowest BCUT2D eigenvalue weighted by Gasteiger charge is -2.29. The number of ketones is 2. The first-order valence-corrected chi connectivity index (χ1v) is 13.3. The van der Waals surface area contributed by atoms with Gasteiger partial charge < -0.3 is 10.3 Å². The predicted molar refractivity (Wildman–Crippen MR) is 150 cm³/mol. The number of aromatic nitrogens is 1. The van der Waals surface area contributed by atoms with Crippen LogP contribution in [-0.2, 0) is 20.8 Å². The highest BCUT2D eigenvalue weighted by atomic mass is 35.5. The van der Waals surface area contributed by atoms with Crippen molar-refractivity contribution in [3.8, 4) is 0 Å². The summed E-state index contributed by atoms with van der Waals surface area (Å²) in [6.07, 6.45) is 0.694. The fraction of sp³-hybridized carbons (Fsp3) is 0.281. The van der Waals surface area contributed by atoms with Crippen LogP contribution in [0.5, 0.6) is 0 Å². The van der Waals surface area contributed by atoms with Crippen LogP contribution in [-0.4, -0.2) is 28.0 Å². The van der Waals surface area contributed by atoms with Crippen molar-refractivity contribution in [2.45, 2.75) is 51.0 Å². The number of carbonyl (C=O) groups excluding carboxylic acids is 3. The Morgan fingerprint density at radius 1 is 1.03 bits per heavy atom. The van der Waals surface area contributed by atoms with Gasteiger partial charge in [0.05, 0.1) is 11.8 Å². The number of Topliss-reactive ketones (excluding diaryl/α,β-unsaturated/α-hetero) is 2. The van der Waals surface area contributed by atoms with Gasteiger partial charge in [-0.25, -0.2) is 0 Å². The van der Waals surface area contributed by atoms with Crippen LogP contribution in [0.4, 0.5) is 0 Å². The number of carbonyl (C=O) groups is 3. The molecule has 0 saturated heterocycles. The minimum Gasteiger partial charge on any atom is -0.358 e. The van der Waals surface area contributed by atoms with Crippen LogP contribution in [0.1, 0.15) is 61.4 Å². The largest absolute Gasteiger partial charge is 0.358 e. The van der Waals surface area contributed by atoms with Crippen molar-refractivity contribution in [1.29, 1.82) is 0 Å². The van der Waals surface area contributed by atoms with E-state index in [4.69, 9.17) is 11.6 Å². The zero-order chi connectivity index (χ0) is 27.0. The molecule has 6 heteroatoms. The Labute approximate surface area is 227 Å². The van der Waals surface area contributed by atoms with Gasteiger partial charge in [-0.1, -0.05) is 78.3 Å². The lowest BCUT2D eigenvalue weighted by atomic mass is 9.77. The number of hydrogen-bond acceptors (Lipinski definition) is 3. The van der Waals surface area contributed by atoms with Crippen LogP contribution in [0.3, 0.4) is 0 Å². The molecule has 1 fully saturated rings. The zero-order valence-corrected chi connectivity index (χ0v) is 22.5. The molecule has 3 aromatic carbocycles. The molecule has 1 amide bonds. The highest BCUT2D eigenvalue weighted by Gasteiger charge is 2.48. The van der Waals surface area contributed by atoms with E-state index in [1.54, 1.807) is 0 Å². The molecule has 38 heavy (non-hydrogen) atoms. The van der Waals surface area contributed by atoms with Gasteiger partial charge >= 0.3 is 0 Å². The van der Waals surface area contributed by atoms with E-state index in [-0.39, 0.29) is 23.9 Å². The average Bonchev–Trinajstić information content (AvgIpc) is 3.36. The van der Waals surface area contributed by atoms with Crippen molar-refractivity contribution in [3.05, 3.63) is 106 Å². The van der Waals surface area contributed by atoms with E-state index >= 15 is 0 Å². The van der Waals surface area contributed by atoms with E-state index < -0.39 is 23.3 Å². The van der Waals surface area contributed by atoms with E-state index in [0.717, 1.165) is 33.3 Å². The van der Waals surface area contributed by atoms with Crippen LogP contribution in [0.2, 0.25) is 5.02 Å². The van der Waals surface area contributed by atoms with Crippen molar-refractivity contribution < 1.29 is 14.4 Å². The lowest BCUT2D eigenvalue weighted by Crippen LogP contribution is -2.44. The Morgan fingerprint density at radius 2 is 1.68 bits per heavy atom. The first kappa shape index (κ1) is 25.9. The highest BCUT2D eigenvalue weighted by molar-refractivity contribution is 6.31. The lowest BCUT2D eigenvalue weighted by molar-refractivity contribution is -0.128. The monoisotopic (exact) mass is 526 g/mol. The van der Waals surface area contributed by atoms with Gasteiger partial charge in [0.15, 0.2) is 5.78 Å². The SMILES string of the molecule is CC(=O)NC(C)(C)Cc1c(C(c2ccccc2)C2C(=O)CC(c3ccccc3)C2=O)[nH]c2cc(Cl)ccc12. The standard InChI is InChI=1S/C32H31ClN2O3/c1-19(36)35-32(2,3)18-25-23-15-14-22(33)16-26(23)34-30(25)28(21-12-8-5-9-13-21)29-27(37)17-24(31(29)38)20-10-6-4-7-11-20/h4-16,24,28-29,34H,17-18H2,1-3H3,(H,35,36). The van der Waals surface area contributed by atoms with Crippen LogP contribution in [0.25, 0.3) is 10.9 Å². The summed E-state index contributed by atoms with van der Waals surface area (Å²) >= 11 is 6.35. The van der Waals surface area contributed by atoms with E-state index in [2.05, 4.69) is 10.3 Å². The predicted octanol–water partition coefficient (Wildman–Crippen LogP) is 6.35. The number of hydrogen-bond donors (Lipinski definition) is 2. The Bertz CT molecular complexity index is 1510. The molecule has 5 rings (SSSR count). The number of fused-ring (bicyclic) bond motifs is 1. The molecule has 2 N–H and O–H groups in total. The molecule has 1 aliphatic rings. The second-order valence-electron chi connectivity index (χ2n) is 10.9. The summed E-state index contributed by atoms with van der Waals surface area (Å²) in [4.78, 5) is 43.2.